The summed E-state index contributed by atoms with van der Waals surface area (Å²) >= 11 is 0. The molecular weight excluding hydrogens is 308 g/mol. The fourth-order valence-corrected chi connectivity index (χ4v) is 2.73. The van der Waals surface area contributed by atoms with Crippen molar-refractivity contribution in [3.63, 3.8) is 0 Å². The Morgan fingerprint density at radius 3 is 2.50 bits per heavy atom. The molecule has 1 aliphatic rings. The molecule has 3 N–H and O–H groups in total. The average Bonchev–Trinajstić information content (AvgIpc) is 2.57. The van der Waals surface area contributed by atoms with E-state index >= 15 is 0 Å². The molecule has 0 aromatic heterocycles. The zero-order valence-electron chi connectivity index (χ0n) is 14.5. The van der Waals surface area contributed by atoms with E-state index in [0.29, 0.717) is 6.61 Å². The summed E-state index contributed by atoms with van der Waals surface area (Å²) in [5.41, 5.74) is -0.563. The lowest BCUT2D eigenvalue weighted by atomic mass is 9.94. The first-order valence-electron chi connectivity index (χ1n) is 8.47. The van der Waals surface area contributed by atoms with Crippen molar-refractivity contribution in [2.24, 2.45) is 5.92 Å². The Morgan fingerprint density at radius 1 is 1.29 bits per heavy atom. The highest BCUT2D eigenvalue weighted by Gasteiger charge is 2.28. The molecule has 1 aliphatic heterocycles. The highest BCUT2D eigenvalue weighted by atomic mass is 16.5. The van der Waals surface area contributed by atoms with Gasteiger partial charge >= 0.3 is 0 Å². The number of amides is 1. The fourth-order valence-electron chi connectivity index (χ4n) is 2.73. The summed E-state index contributed by atoms with van der Waals surface area (Å²) in [7, 11) is 0. The topological polar surface area (TPSA) is 82.0 Å². The second-order valence-electron chi connectivity index (χ2n) is 6.99. The number of benzene rings is 1. The van der Waals surface area contributed by atoms with Gasteiger partial charge in [-0.2, -0.15) is 0 Å². The van der Waals surface area contributed by atoms with Gasteiger partial charge in [-0.3, -0.25) is 9.69 Å². The third-order valence-corrected chi connectivity index (χ3v) is 4.33. The molecule has 0 saturated carbocycles. The van der Waals surface area contributed by atoms with Gasteiger partial charge in [-0.25, -0.2) is 0 Å². The van der Waals surface area contributed by atoms with Gasteiger partial charge in [-0.05, 0) is 64.0 Å². The number of nitrogens with one attached hydrogen (secondary N) is 1. The molecule has 0 aliphatic carbocycles. The molecule has 6 nitrogen and oxygen atoms in total. The second-order valence-corrected chi connectivity index (χ2v) is 6.99. The van der Waals surface area contributed by atoms with Crippen LogP contribution in [0.15, 0.2) is 24.3 Å². The Morgan fingerprint density at radius 2 is 1.92 bits per heavy atom. The Bertz CT molecular complexity index is 522. The molecule has 0 bridgehead atoms. The molecule has 134 valence electrons. The molecule has 1 saturated heterocycles. The van der Waals surface area contributed by atoms with Crippen LogP contribution in [0.1, 0.15) is 26.7 Å². The lowest BCUT2D eigenvalue weighted by molar-refractivity contribution is -0.128. The van der Waals surface area contributed by atoms with Crippen LogP contribution in [0.3, 0.4) is 0 Å². The maximum absolute atomic E-state index is 12.2. The van der Waals surface area contributed by atoms with Gasteiger partial charge in [0.25, 0.3) is 0 Å². The normalized spacial score (nSPS) is 16.8. The van der Waals surface area contributed by atoms with Gasteiger partial charge in [0, 0.05) is 12.5 Å². The van der Waals surface area contributed by atoms with Crippen LogP contribution in [0.25, 0.3) is 0 Å². The smallest absolute Gasteiger partial charge is 0.223 e. The molecule has 6 heteroatoms. The number of aliphatic hydroxyl groups is 1. The minimum Gasteiger partial charge on any atom is -0.508 e. The molecule has 0 unspecified atom stereocenters. The number of likely N-dealkylation sites (tertiary alicyclic amines) is 1. The van der Waals surface area contributed by atoms with Gasteiger partial charge < -0.3 is 20.3 Å². The van der Waals surface area contributed by atoms with Gasteiger partial charge in [-0.1, -0.05) is 0 Å². The van der Waals surface area contributed by atoms with Crippen LogP contribution >= 0.6 is 0 Å². The number of phenols is 1. The number of aliphatic hydroxyl groups excluding tert-OH is 1. The van der Waals surface area contributed by atoms with E-state index in [2.05, 4.69) is 10.2 Å². The molecular formula is C18H28N2O4. The van der Waals surface area contributed by atoms with E-state index in [1.807, 2.05) is 13.8 Å². The molecule has 0 radical (unpaired) electrons. The van der Waals surface area contributed by atoms with Crippen LogP contribution in [-0.2, 0) is 4.79 Å². The Balaban J connectivity index is 1.67. The molecule has 0 atom stereocenters. The summed E-state index contributed by atoms with van der Waals surface area (Å²) in [6, 6.07) is 6.70. The fraction of sp³-hybridized carbons (Fsp3) is 0.611. The van der Waals surface area contributed by atoms with Crippen molar-refractivity contribution in [3.8, 4) is 11.5 Å². The summed E-state index contributed by atoms with van der Waals surface area (Å²) in [6.45, 7) is 6.72. The van der Waals surface area contributed by atoms with Gasteiger partial charge in [0.1, 0.15) is 18.1 Å². The van der Waals surface area contributed by atoms with E-state index in [1.165, 1.54) is 0 Å². The SMILES string of the molecule is CC(C)(CO)NC(=O)C1CCN(CCOc2ccc(O)cc2)CC1. The van der Waals surface area contributed by atoms with E-state index in [-0.39, 0.29) is 24.2 Å². The molecule has 24 heavy (non-hydrogen) atoms. The standard InChI is InChI=1S/C18H28N2O4/c1-18(2,13-21)19-17(23)14-7-9-20(10-8-14)11-12-24-16-5-3-15(22)4-6-16/h3-6,14,21-22H,7-13H2,1-2H3,(H,19,23). The number of piperidine rings is 1. The van der Waals surface area contributed by atoms with Crippen molar-refractivity contribution in [1.29, 1.82) is 0 Å². The van der Waals surface area contributed by atoms with Crippen LogP contribution in [-0.4, -0.2) is 59.4 Å². The van der Waals surface area contributed by atoms with Crippen molar-refractivity contribution in [1.82, 2.24) is 10.2 Å². The monoisotopic (exact) mass is 336 g/mol. The van der Waals surface area contributed by atoms with Crippen molar-refractivity contribution in [2.45, 2.75) is 32.2 Å². The first kappa shape index (κ1) is 18.5. The van der Waals surface area contributed by atoms with E-state index in [9.17, 15) is 15.0 Å². The number of rotatable bonds is 7. The second kappa shape index (κ2) is 8.35. The maximum Gasteiger partial charge on any atom is 0.223 e. The predicted molar refractivity (Wildman–Crippen MR) is 92.1 cm³/mol. The van der Waals surface area contributed by atoms with Crippen LogP contribution in [0.5, 0.6) is 11.5 Å². The van der Waals surface area contributed by atoms with Gasteiger partial charge in [0.15, 0.2) is 0 Å². The largest absolute Gasteiger partial charge is 0.508 e. The number of carbonyl (C=O) groups excluding carboxylic acids is 1. The summed E-state index contributed by atoms with van der Waals surface area (Å²) in [6.07, 6.45) is 1.65. The van der Waals surface area contributed by atoms with Gasteiger partial charge in [0.05, 0.1) is 12.1 Å². The number of carbonyl (C=O) groups is 1. The van der Waals surface area contributed by atoms with Crippen molar-refractivity contribution in [2.75, 3.05) is 32.8 Å². The third kappa shape index (κ3) is 5.69. The van der Waals surface area contributed by atoms with E-state index in [4.69, 9.17) is 4.74 Å². The lowest BCUT2D eigenvalue weighted by Gasteiger charge is -2.33. The van der Waals surface area contributed by atoms with Crippen LogP contribution in [0.4, 0.5) is 0 Å². The summed E-state index contributed by atoms with van der Waals surface area (Å²) < 4.78 is 5.66. The van der Waals surface area contributed by atoms with Crippen molar-refractivity contribution >= 4 is 5.91 Å². The van der Waals surface area contributed by atoms with E-state index in [1.54, 1.807) is 24.3 Å². The predicted octanol–water partition coefficient (Wildman–Crippen LogP) is 1.37. The summed E-state index contributed by atoms with van der Waals surface area (Å²) in [5.74, 6) is 1.03. The van der Waals surface area contributed by atoms with Crippen LogP contribution in [0, 0.1) is 5.92 Å². The maximum atomic E-state index is 12.2. The molecule has 1 fully saturated rings. The number of phenolic OH excluding ortho intramolecular Hbond substituents is 1. The number of ether oxygens (including phenoxy) is 1. The highest BCUT2D eigenvalue weighted by molar-refractivity contribution is 5.79. The Labute approximate surface area is 143 Å². The number of hydrogen-bond donors (Lipinski definition) is 3. The zero-order valence-corrected chi connectivity index (χ0v) is 14.5. The number of aromatic hydroxyl groups is 1. The molecule has 1 aromatic carbocycles. The number of hydrogen-bond acceptors (Lipinski definition) is 5. The first-order chi connectivity index (χ1) is 11.4. The third-order valence-electron chi connectivity index (χ3n) is 4.33. The number of nitrogens with zero attached hydrogens (tertiary/aromatic N) is 1. The minimum atomic E-state index is -0.563. The van der Waals surface area contributed by atoms with Crippen molar-refractivity contribution in [3.05, 3.63) is 24.3 Å². The van der Waals surface area contributed by atoms with E-state index < -0.39 is 5.54 Å². The summed E-state index contributed by atoms with van der Waals surface area (Å²) in [5, 5.41) is 21.4. The first-order valence-corrected chi connectivity index (χ1v) is 8.47. The molecule has 0 spiro atoms. The minimum absolute atomic E-state index is 0.0186. The highest BCUT2D eigenvalue weighted by Crippen LogP contribution is 2.19. The molecule has 1 aromatic rings. The Kier molecular flexibility index (Phi) is 6.45. The van der Waals surface area contributed by atoms with Gasteiger partial charge in [0.2, 0.25) is 5.91 Å². The Hall–Kier alpha value is -1.79. The van der Waals surface area contributed by atoms with Crippen LogP contribution < -0.4 is 10.1 Å². The van der Waals surface area contributed by atoms with Crippen LogP contribution in [0.2, 0.25) is 0 Å². The van der Waals surface area contributed by atoms with E-state index in [0.717, 1.165) is 38.2 Å². The molecule has 2 rings (SSSR count). The van der Waals surface area contributed by atoms with Crippen molar-refractivity contribution < 1.29 is 19.7 Å². The average molecular weight is 336 g/mol. The lowest BCUT2D eigenvalue weighted by Crippen LogP contribution is -2.50. The summed E-state index contributed by atoms with van der Waals surface area (Å²) in [4.78, 5) is 14.5. The quantitative estimate of drug-likeness (QED) is 0.701. The zero-order chi connectivity index (χ0) is 17.6. The molecule has 1 amide bonds. The van der Waals surface area contributed by atoms with Gasteiger partial charge in [-0.15, -0.1) is 0 Å². The molecule has 1 heterocycles.